The number of thiophene rings is 1. The lowest BCUT2D eigenvalue weighted by Gasteiger charge is -2.03. The average Bonchev–Trinajstić information content (AvgIpc) is 2.98. The van der Waals surface area contributed by atoms with E-state index in [-0.39, 0.29) is 11.3 Å². The number of nitro groups is 1. The van der Waals surface area contributed by atoms with E-state index in [9.17, 15) is 14.9 Å². The van der Waals surface area contributed by atoms with Gasteiger partial charge in [0.15, 0.2) is 0 Å². The third-order valence-electron chi connectivity index (χ3n) is 2.87. The third-order valence-corrected chi connectivity index (χ3v) is 3.85. The van der Waals surface area contributed by atoms with Crippen LogP contribution in [0.15, 0.2) is 40.8 Å². The Balaban J connectivity index is 2.16. The van der Waals surface area contributed by atoms with E-state index in [0.717, 1.165) is 4.88 Å². The van der Waals surface area contributed by atoms with Crippen LogP contribution in [0.4, 0.5) is 5.69 Å². The van der Waals surface area contributed by atoms with Crippen LogP contribution < -0.4 is 5.43 Å². The van der Waals surface area contributed by atoms with E-state index in [1.807, 2.05) is 17.5 Å². The van der Waals surface area contributed by atoms with Crippen molar-refractivity contribution in [3.05, 3.63) is 61.8 Å². The molecule has 0 fully saturated rings. The molecule has 0 unspecified atom stereocenters. The van der Waals surface area contributed by atoms with E-state index >= 15 is 0 Å². The van der Waals surface area contributed by atoms with Crippen molar-refractivity contribution in [1.29, 1.82) is 0 Å². The first-order valence-electron chi connectivity index (χ1n) is 6.12. The molecule has 0 saturated heterocycles. The SMILES string of the molecule is CC(=NNC(=O)c1ccc(C)c([N+](=O)[O-])c1)c1cccs1. The van der Waals surface area contributed by atoms with E-state index in [2.05, 4.69) is 10.5 Å². The lowest BCUT2D eigenvalue weighted by atomic mass is 10.1. The number of nitrogens with one attached hydrogen (secondary N) is 1. The zero-order valence-electron chi connectivity index (χ0n) is 11.5. The van der Waals surface area contributed by atoms with Gasteiger partial charge in [-0.15, -0.1) is 11.3 Å². The maximum Gasteiger partial charge on any atom is 0.273 e. The summed E-state index contributed by atoms with van der Waals surface area (Å²) in [7, 11) is 0. The van der Waals surface area contributed by atoms with Gasteiger partial charge in [-0.25, -0.2) is 5.43 Å². The maximum atomic E-state index is 12.0. The van der Waals surface area contributed by atoms with Crippen LogP contribution in [0.1, 0.15) is 27.7 Å². The molecule has 0 spiro atoms. The van der Waals surface area contributed by atoms with Crippen LogP contribution in [-0.4, -0.2) is 16.5 Å². The molecule has 1 heterocycles. The molecule has 2 aromatic rings. The van der Waals surface area contributed by atoms with Gasteiger partial charge in [0.05, 0.1) is 10.6 Å². The quantitative estimate of drug-likeness (QED) is 0.535. The molecule has 7 heteroatoms. The minimum Gasteiger partial charge on any atom is -0.267 e. The number of nitrogens with zero attached hydrogens (tertiary/aromatic N) is 2. The van der Waals surface area contributed by atoms with Crippen molar-refractivity contribution in [1.82, 2.24) is 5.43 Å². The van der Waals surface area contributed by atoms with E-state index in [1.54, 1.807) is 19.9 Å². The molecule has 1 N–H and O–H groups in total. The zero-order valence-corrected chi connectivity index (χ0v) is 12.3. The number of carbonyl (C=O) groups excluding carboxylic acids is 1. The molecule has 1 aromatic carbocycles. The molecule has 1 amide bonds. The molecule has 0 aliphatic heterocycles. The summed E-state index contributed by atoms with van der Waals surface area (Å²) < 4.78 is 0. The molecular weight excluding hydrogens is 290 g/mol. The second kappa shape index (κ2) is 6.27. The fourth-order valence-electron chi connectivity index (χ4n) is 1.69. The summed E-state index contributed by atoms with van der Waals surface area (Å²) in [6.07, 6.45) is 0. The Morgan fingerprint density at radius 3 is 2.76 bits per heavy atom. The Morgan fingerprint density at radius 2 is 2.14 bits per heavy atom. The van der Waals surface area contributed by atoms with Crippen LogP contribution in [0.3, 0.4) is 0 Å². The largest absolute Gasteiger partial charge is 0.273 e. The number of hydrogen-bond donors (Lipinski definition) is 1. The predicted octanol–water partition coefficient (Wildman–Crippen LogP) is 3.12. The summed E-state index contributed by atoms with van der Waals surface area (Å²) in [5, 5.41) is 16.8. The molecule has 2 rings (SSSR count). The van der Waals surface area contributed by atoms with Gasteiger partial charge in [0.1, 0.15) is 0 Å². The number of benzene rings is 1. The zero-order chi connectivity index (χ0) is 15.4. The van der Waals surface area contributed by atoms with Crippen LogP contribution in [0, 0.1) is 17.0 Å². The summed E-state index contributed by atoms with van der Waals surface area (Å²) in [6, 6.07) is 8.12. The first-order chi connectivity index (χ1) is 9.99. The summed E-state index contributed by atoms with van der Waals surface area (Å²) in [6.45, 7) is 3.41. The second-order valence-corrected chi connectivity index (χ2v) is 5.32. The highest BCUT2D eigenvalue weighted by Crippen LogP contribution is 2.19. The van der Waals surface area contributed by atoms with Crippen molar-refractivity contribution in [2.24, 2.45) is 5.10 Å². The van der Waals surface area contributed by atoms with Crippen LogP contribution in [0.5, 0.6) is 0 Å². The van der Waals surface area contributed by atoms with Crippen molar-refractivity contribution in [2.75, 3.05) is 0 Å². The normalized spacial score (nSPS) is 11.2. The van der Waals surface area contributed by atoms with Crippen LogP contribution in [0.25, 0.3) is 0 Å². The molecule has 0 radical (unpaired) electrons. The van der Waals surface area contributed by atoms with Gasteiger partial charge in [0.25, 0.3) is 11.6 Å². The lowest BCUT2D eigenvalue weighted by Crippen LogP contribution is -2.19. The van der Waals surface area contributed by atoms with Crippen molar-refractivity contribution in [3.8, 4) is 0 Å². The molecular formula is C14H13N3O3S. The Morgan fingerprint density at radius 1 is 1.38 bits per heavy atom. The Bertz CT molecular complexity index is 708. The maximum absolute atomic E-state index is 12.0. The Kier molecular flexibility index (Phi) is 4.44. The number of rotatable bonds is 4. The molecule has 0 aliphatic carbocycles. The minimum atomic E-state index is -0.508. The van der Waals surface area contributed by atoms with E-state index in [4.69, 9.17) is 0 Å². The second-order valence-electron chi connectivity index (χ2n) is 4.37. The monoisotopic (exact) mass is 303 g/mol. The summed E-state index contributed by atoms with van der Waals surface area (Å²) in [4.78, 5) is 23.3. The van der Waals surface area contributed by atoms with Crippen molar-refractivity contribution < 1.29 is 9.72 Å². The number of hydrogen-bond acceptors (Lipinski definition) is 5. The smallest absolute Gasteiger partial charge is 0.267 e. The van der Waals surface area contributed by atoms with Gasteiger partial charge >= 0.3 is 0 Å². The van der Waals surface area contributed by atoms with Crippen molar-refractivity contribution in [2.45, 2.75) is 13.8 Å². The fraction of sp³-hybridized carbons (Fsp3) is 0.143. The third kappa shape index (κ3) is 3.51. The minimum absolute atomic E-state index is 0.0818. The number of aryl methyl sites for hydroxylation is 1. The van der Waals surface area contributed by atoms with Crippen LogP contribution in [0.2, 0.25) is 0 Å². The highest BCUT2D eigenvalue weighted by molar-refractivity contribution is 7.12. The highest BCUT2D eigenvalue weighted by Gasteiger charge is 2.14. The number of hydrazone groups is 1. The van der Waals surface area contributed by atoms with Gasteiger partial charge in [0, 0.05) is 22.1 Å². The molecule has 6 nitrogen and oxygen atoms in total. The van der Waals surface area contributed by atoms with Gasteiger partial charge in [-0.1, -0.05) is 12.1 Å². The lowest BCUT2D eigenvalue weighted by molar-refractivity contribution is -0.385. The molecule has 1 aromatic heterocycles. The number of amides is 1. The molecule has 0 atom stereocenters. The Hall–Kier alpha value is -2.54. The average molecular weight is 303 g/mol. The van der Waals surface area contributed by atoms with E-state index in [1.165, 1.54) is 23.5 Å². The Labute approximate surface area is 125 Å². The van der Waals surface area contributed by atoms with Crippen LogP contribution >= 0.6 is 11.3 Å². The fourth-order valence-corrected chi connectivity index (χ4v) is 2.36. The van der Waals surface area contributed by atoms with Crippen LogP contribution in [-0.2, 0) is 0 Å². The molecule has 0 bridgehead atoms. The van der Waals surface area contributed by atoms with Gasteiger partial charge in [-0.2, -0.15) is 5.10 Å². The molecule has 0 saturated carbocycles. The molecule has 21 heavy (non-hydrogen) atoms. The van der Waals surface area contributed by atoms with Crippen molar-refractivity contribution >= 4 is 28.6 Å². The standard InChI is InChI=1S/C14H13N3O3S/c1-9-5-6-11(8-12(9)17(19)20)14(18)16-15-10(2)13-4-3-7-21-13/h3-8H,1-2H3,(H,16,18). The highest BCUT2D eigenvalue weighted by atomic mass is 32.1. The first kappa shape index (κ1) is 14.9. The van der Waals surface area contributed by atoms with E-state index < -0.39 is 10.8 Å². The number of carbonyl (C=O) groups is 1. The van der Waals surface area contributed by atoms with Gasteiger partial charge in [-0.05, 0) is 31.4 Å². The summed E-state index contributed by atoms with van der Waals surface area (Å²) in [5.41, 5.74) is 3.72. The van der Waals surface area contributed by atoms with Gasteiger partial charge in [0.2, 0.25) is 0 Å². The number of nitro benzene ring substituents is 1. The van der Waals surface area contributed by atoms with E-state index in [0.29, 0.717) is 11.3 Å². The van der Waals surface area contributed by atoms with Crippen molar-refractivity contribution in [3.63, 3.8) is 0 Å². The van der Waals surface area contributed by atoms with Gasteiger partial charge in [-0.3, -0.25) is 14.9 Å². The molecule has 108 valence electrons. The summed E-state index contributed by atoms with van der Waals surface area (Å²) in [5.74, 6) is -0.478. The van der Waals surface area contributed by atoms with Gasteiger partial charge < -0.3 is 0 Å². The topological polar surface area (TPSA) is 84.6 Å². The first-order valence-corrected chi connectivity index (χ1v) is 7.00. The summed E-state index contributed by atoms with van der Waals surface area (Å²) >= 11 is 1.52. The molecule has 0 aliphatic rings. The predicted molar refractivity (Wildman–Crippen MR) is 81.8 cm³/mol.